The summed E-state index contributed by atoms with van der Waals surface area (Å²) >= 11 is 0. The van der Waals surface area contributed by atoms with Crippen molar-refractivity contribution in [3.63, 3.8) is 0 Å². The van der Waals surface area contributed by atoms with E-state index in [4.69, 9.17) is 15.2 Å². The molecule has 0 aliphatic carbocycles. The molecule has 1 aromatic carbocycles. The highest BCUT2D eigenvalue weighted by atomic mass is 16.5. The van der Waals surface area contributed by atoms with Crippen LogP contribution >= 0.6 is 0 Å². The third-order valence-electron chi connectivity index (χ3n) is 4.62. The number of rotatable bonds is 8. The van der Waals surface area contributed by atoms with Crippen LogP contribution in [0.3, 0.4) is 0 Å². The minimum Gasteiger partial charge on any atom is -0.496 e. The number of fused-ring (bicyclic) bond motifs is 1. The molecule has 9 heteroatoms. The summed E-state index contributed by atoms with van der Waals surface area (Å²) in [5, 5.41) is 7.98. The van der Waals surface area contributed by atoms with Crippen LogP contribution in [0.1, 0.15) is 41.4 Å². The Bertz CT molecular complexity index is 1030. The molecule has 2 aromatic heterocycles. The maximum atomic E-state index is 11.8. The number of benzene rings is 1. The minimum absolute atomic E-state index is 0.208. The van der Waals surface area contributed by atoms with E-state index in [9.17, 15) is 4.79 Å². The quantitative estimate of drug-likeness (QED) is 0.439. The van der Waals surface area contributed by atoms with Gasteiger partial charge in [0.1, 0.15) is 16.8 Å². The van der Waals surface area contributed by atoms with Crippen molar-refractivity contribution < 1.29 is 14.3 Å². The zero-order chi connectivity index (χ0) is 21.0. The number of nitrogens with zero attached hydrogens (tertiary/aromatic N) is 4. The molecule has 0 bridgehead atoms. The van der Waals surface area contributed by atoms with Crippen LogP contribution in [0.4, 0.5) is 11.8 Å². The molecule has 0 amide bonds. The van der Waals surface area contributed by atoms with E-state index in [2.05, 4.69) is 27.3 Å². The number of carbonyl (C=O) groups excluding carboxylic acids is 1. The Balaban J connectivity index is 2.03. The Labute approximate surface area is 169 Å². The number of hydrogen-bond donors (Lipinski definition) is 2. The van der Waals surface area contributed by atoms with Gasteiger partial charge in [-0.05, 0) is 25.5 Å². The molecule has 9 nitrogen and oxygen atoms in total. The van der Waals surface area contributed by atoms with Crippen molar-refractivity contribution in [2.45, 2.75) is 33.2 Å². The second-order valence-corrected chi connectivity index (χ2v) is 6.67. The monoisotopic (exact) mass is 398 g/mol. The fraction of sp³-hybridized carbons (Fsp3) is 0.400. The first kappa shape index (κ1) is 20.4. The molecule has 0 saturated carbocycles. The highest BCUT2D eigenvalue weighted by molar-refractivity contribution is 5.90. The predicted octanol–water partition coefficient (Wildman–Crippen LogP) is 2.77. The van der Waals surface area contributed by atoms with Crippen LogP contribution in [-0.4, -0.2) is 46.5 Å². The lowest BCUT2D eigenvalue weighted by Crippen LogP contribution is -2.10. The van der Waals surface area contributed by atoms with Gasteiger partial charge in [0.25, 0.3) is 0 Å². The first-order valence-electron chi connectivity index (χ1n) is 9.48. The molecule has 0 fully saturated rings. The van der Waals surface area contributed by atoms with Gasteiger partial charge in [0.15, 0.2) is 5.82 Å². The lowest BCUT2D eigenvalue weighted by Gasteiger charge is -2.13. The number of nitrogen functional groups attached to an aromatic ring is 1. The molecule has 3 rings (SSSR count). The van der Waals surface area contributed by atoms with Crippen LogP contribution in [0.25, 0.3) is 11.0 Å². The summed E-state index contributed by atoms with van der Waals surface area (Å²) in [6.07, 6.45) is 2.08. The number of nitrogens with one attached hydrogen (secondary N) is 1. The number of nitrogens with two attached hydrogens (primary N) is 1. The van der Waals surface area contributed by atoms with Crippen LogP contribution in [-0.2, 0) is 11.3 Å². The zero-order valence-electron chi connectivity index (χ0n) is 17.2. The summed E-state index contributed by atoms with van der Waals surface area (Å²) in [5.41, 5.74) is 9.44. The SMILES string of the molecule is CCCCNc1nc(N)nc2c(C)nn(Cc3ccc(C(=O)OC)cc3OC)c12. The second-order valence-electron chi connectivity index (χ2n) is 6.67. The summed E-state index contributed by atoms with van der Waals surface area (Å²) in [4.78, 5) is 20.5. The zero-order valence-corrected chi connectivity index (χ0v) is 17.2. The molecule has 29 heavy (non-hydrogen) atoms. The van der Waals surface area contributed by atoms with Gasteiger partial charge in [0.05, 0.1) is 32.0 Å². The lowest BCUT2D eigenvalue weighted by atomic mass is 10.1. The van der Waals surface area contributed by atoms with E-state index in [0.29, 0.717) is 29.2 Å². The molecule has 3 N–H and O–H groups in total. The van der Waals surface area contributed by atoms with E-state index in [-0.39, 0.29) is 5.95 Å². The highest BCUT2D eigenvalue weighted by Gasteiger charge is 2.18. The van der Waals surface area contributed by atoms with Crippen LogP contribution in [0.5, 0.6) is 5.75 Å². The fourth-order valence-corrected chi connectivity index (χ4v) is 3.15. The first-order valence-corrected chi connectivity index (χ1v) is 9.48. The number of ether oxygens (including phenoxy) is 2. The molecular formula is C20H26N6O3. The van der Waals surface area contributed by atoms with Crippen LogP contribution in [0.2, 0.25) is 0 Å². The van der Waals surface area contributed by atoms with Gasteiger partial charge in [-0.15, -0.1) is 0 Å². The molecule has 2 heterocycles. The largest absolute Gasteiger partial charge is 0.496 e. The molecule has 0 spiro atoms. The number of esters is 1. The highest BCUT2D eigenvalue weighted by Crippen LogP contribution is 2.27. The Morgan fingerprint density at radius 3 is 2.76 bits per heavy atom. The number of anilines is 2. The standard InChI is InChI=1S/C20H26N6O3/c1-5-6-9-22-18-17-16(23-20(21)24-18)12(2)25-26(17)11-14-8-7-13(19(27)29-4)10-15(14)28-3/h7-8,10H,5-6,9,11H2,1-4H3,(H3,21,22,23,24). The first-order chi connectivity index (χ1) is 14.0. The lowest BCUT2D eigenvalue weighted by molar-refractivity contribution is 0.0600. The van der Waals surface area contributed by atoms with Crippen LogP contribution in [0.15, 0.2) is 18.2 Å². The molecule has 0 radical (unpaired) electrons. The summed E-state index contributed by atoms with van der Waals surface area (Å²) in [6, 6.07) is 5.20. The summed E-state index contributed by atoms with van der Waals surface area (Å²) in [6.45, 7) is 5.22. The normalized spacial score (nSPS) is 10.9. The van der Waals surface area contributed by atoms with Gasteiger partial charge in [-0.3, -0.25) is 4.68 Å². The van der Waals surface area contributed by atoms with E-state index in [1.807, 2.05) is 17.7 Å². The van der Waals surface area contributed by atoms with Gasteiger partial charge >= 0.3 is 5.97 Å². The van der Waals surface area contributed by atoms with Gasteiger partial charge in [-0.25, -0.2) is 9.78 Å². The number of unbranched alkanes of at least 4 members (excludes halogenated alkanes) is 1. The third kappa shape index (κ3) is 4.23. The van der Waals surface area contributed by atoms with Gasteiger partial charge in [-0.1, -0.05) is 19.4 Å². The van der Waals surface area contributed by atoms with Crippen molar-refractivity contribution in [1.82, 2.24) is 19.7 Å². The van der Waals surface area contributed by atoms with Crippen molar-refractivity contribution in [3.8, 4) is 5.75 Å². The number of aromatic nitrogens is 4. The van der Waals surface area contributed by atoms with Crippen molar-refractivity contribution in [3.05, 3.63) is 35.0 Å². The van der Waals surface area contributed by atoms with Crippen molar-refractivity contribution in [2.75, 3.05) is 31.8 Å². The van der Waals surface area contributed by atoms with Crippen molar-refractivity contribution >= 4 is 28.8 Å². The van der Waals surface area contributed by atoms with E-state index < -0.39 is 5.97 Å². The fourth-order valence-electron chi connectivity index (χ4n) is 3.15. The molecule has 0 saturated heterocycles. The van der Waals surface area contributed by atoms with Crippen LogP contribution < -0.4 is 15.8 Å². The smallest absolute Gasteiger partial charge is 0.337 e. The number of aryl methyl sites for hydroxylation is 1. The van der Waals surface area contributed by atoms with Gasteiger partial charge in [0.2, 0.25) is 5.95 Å². The Morgan fingerprint density at radius 1 is 1.28 bits per heavy atom. The summed E-state index contributed by atoms with van der Waals surface area (Å²) in [7, 11) is 2.91. The Hall–Kier alpha value is -3.36. The Morgan fingerprint density at radius 2 is 2.07 bits per heavy atom. The van der Waals surface area contributed by atoms with Gasteiger partial charge in [-0.2, -0.15) is 10.1 Å². The van der Waals surface area contributed by atoms with E-state index in [1.165, 1.54) is 7.11 Å². The Kier molecular flexibility index (Phi) is 6.16. The summed E-state index contributed by atoms with van der Waals surface area (Å²) < 4.78 is 12.1. The topological polar surface area (TPSA) is 117 Å². The minimum atomic E-state index is -0.415. The van der Waals surface area contributed by atoms with Crippen molar-refractivity contribution in [1.29, 1.82) is 0 Å². The second kappa shape index (κ2) is 8.76. The van der Waals surface area contributed by atoms with E-state index in [0.717, 1.165) is 36.2 Å². The molecular weight excluding hydrogens is 372 g/mol. The maximum absolute atomic E-state index is 11.8. The molecule has 0 aliphatic heterocycles. The molecule has 154 valence electrons. The number of methoxy groups -OCH3 is 2. The average molecular weight is 398 g/mol. The van der Waals surface area contributed by atoms with Gasteiger partial charge < -0.3 is 20.5 Å². The molecule has 0 unspecified atom stereocenters. The van der Waals surface area contributed by atoms with Crippen molar-refractivity contribution in [2.24, 2.45) is 0 Å². The summed E-state index contributed by atoms with van der Waals surface area (Å²) in [5.74, 6) is 1.03. The predicted molar refractivity (Wildman–Crippen MR) is 111 cm³/mol. The van der Waals surface area contributed by atoms with E-state index >= 15 is 0 Å². The average Bonchev–Trinajstić information content (AvgIpc) is 3.03. The third-order valence-corrected chi connectivity index (χ3v) is 4.62. The number of hydrogen-bond acceptors (Lipinski definition) is 8. The van der Waals surface area contributed by atoms with Gasteiger partial charge in [0, 0.05) is 12.1 Å². The maximum Gasteiger partial charge on any atom is 0.337 e. The molecule has 3 aromatic rings. The number of carbonyl (C=O) groups is 1. The van der Waals surface area contributed by atoms with Crippen LogP contribution in [0, 0.1) is 6.92 Å². The van der Waals surface area contributed by atoms with E-state index in [1.54, 1.807) is 19.2 Å². The molecule has 0 atom stereocenters. The molecule has 0 aliphatic rings.